The van der Waals surface area contributed by atoms with Gasteiger partial charge < -0.3 is 35.0 Å². The lowest BCUT2D eigenvalue weighted by molar-refractivity contribution is -0.317. The van der Waals surface area contributed by atoms with Gasteiger partial charge in [0, 0.05) is 19.1 Å². The van der Waals surface area contributed by atoms with Crippen molar-refractivity contribution in [3.63, 3.8) is 0 Å². The fourth-order valence-electron chi connectivity index (χ4n) is 12.1. The highest BCUT2D eigenvalue weighted by Crippen LogP contribution is 2.67. The fourth-order valence-corrected chi connectivity index (χ4v) is 12.1. The number of aliphatic hydroxyl groups excluding tert-OH is 5. The van der Waals surface area contributed by atoms with E-state index in [9.17, 15) is 25.5 Å². The molecule has 7 fully saturated rings. The van der Waals surface area contributed by atoms with Crippen LogP contribution in [0.25, 0.3) is 0 Å². The van der Waals surface area contributed by atoms with Crippen LogP contribution in [0.1, 0.15) is 78.6 Å². The molecule has 0 aromatic carbocycles. The largest absolute Gasteiger partial charge is 0.394 e. The topological polar surface area (TPSA) is 123 Å². The highest BCUT2D eigenvalue weighted by Gasteiger charge is 2.63. The van der Waals surface area contributed by atoms with Crippen LogP contribution in [-0.4, -0.2) is 99.1 Å². The lowest BCUT2D eigenvalue weighted by Gasteiger charge is -2.57. The van der Waals surface area contributed by atoms with E-state index in [1.807, 2.05) is 0 Å². The summed E-state index contributed by atoms with van der Waals surface area (Å²) in [6, 6.07) is 0.787. The van der Waals surface area contributed by atoms with Crippen LogP contribution >= 0.6 is 0 Å². The van der Waals surface area contributed by atoms with E-state index >= 15 is 0 Å². The molecular weight excluding hydrogens is 522 g/mol. The van der Waals surface area contributed by atoms with E-state index in [0.29, 0.717) is 18.3 Å². The second-order valence-corrected chi connectivity index (χ2v) is 15.9. The van der Waals surface area contributed by atoms with Gasteiger partial charge in [0.15, 0.2) is 6.29 Å². The van der Waals surface area contributed by atoms with Gasteiger partial charge in [0.05, 0.1) is 18.8 Å². The third-order valence-corrected chi connectivity index (χ3v) is 14.1. The van der Waals surface area contributed by atoms with E-state index < -0.39 is 37.3 Å². The SMILES string of the molecule is C[C@@H]1CC[C@H]2[C@H](C)[C@H]3CC[C@@H]4[C@@H](C[C@H]5[C@H]4C[C@@H](O)[C@H]4C[C@@H](O[C@@H]6O[C@H](CO)[C@@H](O)[C@H](O)[C@H]6O)CC[C@@]45C)[C@@H]3CN2C1. The van der Waals surface area contributed by atoms with Crippen LogP contribution in [0.2, 0.25) is 0 Å². The van der Waals surface area contributed by atoms with Crippen molar-refractivity contribution in [1.82, 2.24) is 4.90 Å². The Kier molecular flexibility index (Phi) is 7.84. The molecule has 4 aliphatic carbocycles. The van der Waals surface area contributed by atoms with Gasteiger partial charge in [-0.15, -0.1) is 0 Å². The van der Waals surface area contributed by atoms with E-state index in [0.717, 1.165) is 60.8 Å². The summed E-state index contributed by atoms with van der Waals surface area (Å²) in [6.07, 6.45) is 3.39. The van der Waals surface area contributed by atoms with Gasteiger partial charge in [-0.2, -0.15) is 0 Å². The third kappa shape index (κ3) is 4.68. The number of rotatable bonds is 3. The number of fused-ring (bicyclic) bond motifs is 8. The summed E-state index contributed by atoms with van der Waals surface area (Å²) >= 11 is 0. The molecule has 18 atom stereocenters. The Balaban J connectivity index is 1.06. The molecule has 0 unspecified atom stereocenters. The molecule has 8 nitrogen and oxygen atoms in total. The second-order valence-electron chi connectivity index (χ2n) is 15.9. The fraction of sp³-hybridized carbons (Fsp3) is 1.00. The van der Waals surface area contributed by atoms with Crippen molar-refractivity contribution < 1.29 is 35.0 Å². The molecule has 3 aliphatic heterocycles. The maximum absolute atomic E-state index is 11.6. The van der Waals surface area contributed by atoms with Crippen LogP contribution in [0.15, 0.2) is 0 Å². The number of hydrogen-bond donors (Lipinski definition) is 5. The maximum Gasteiger partial charge on any atom is 0.186 e. The van der Waals surface area contributed by atoms with Crippen molar-refractivity contribution in [3.8, 4) is 0 Å². The normalized spacial score (nSPS) is 59.0. The minimum absolute atomic E-state index is 0.0763. The van der Waals surface area contributed by atoms with Crippen LogP contribution < -0.4 is 0 Å². The average molecular weight is 578 g/mol. The van der Waals surface area contributed by atoms with Crippen LogP contribution in [0.5, 0.6) is 0 Å². The average Bonchev–Trinajstić information content (AvgIpc) is 3.34. The van der Waals surface area contributed by atoms with Gasteiger partial charge in [-0.05, 0) is 116 Å². The summed E-state index contributed by atoms with van der Waals surface area (Å²) in [7, 11) is 0. The predicted molar refractivity (Wildman–Crippen MR) is 152 cm³/mol. The first-order valence-electron chi connectivity index (χ1n) is 17.0. The Morgan fingerprint density at radius 3 is 2.34 bits per heavy atom. The van der Waals surface area contributed by atoms with Gasteiger partial charge in [-0.3, -0.25) is 4.90 Å². The van der Waals surface area contributed by atoms with E-state index in [-0.39, 0.29) is 23.5 Å². The third-order valence-electron chi connectivity index (χ3n) is 14.1. The summed E-state index contributed by atoms with van der Waals surface area (Å²) in [5.41, 5.74) is 0.0763. The van der Waals surface area contributed by atoms with Gasteiger partial charge in [-0.25, -0.2) is 0 Å². The van der Waals surface area contributed by atoms with Gasteiger partial charge in [-0.1, -0.05) is 20.8 Å². The number of nitrogens with zero attached hydrogens (tertiary/aromatic N) is 1. The maximum atomic E-state index is 11.6. The molecule has 3 saturated heterocycles. The molecule has 234 valence electrons. The van der Waals surface area contributed by atoms with E-state index in [2.05, 4.69) is 25.7 Å². The molecule has 0 amide bonds. The smallest absolute Gasteiger partial charge is 0.186 e. The van der Waals surface area contributed by atoms with Gasteiger partial charge in [0.2, 0.25) is 0 Å². The molecule has 0 spiro atoms. The number of piperidine rings is 2. The lowest BCUT2D eigenvalue weighted by Crippen LogP contribution is -2.60. The minimum Gasteiger partial charge on any atom is -0.394 e. The standard InChI is InChI=1S/C33H55NO7/c1-16-4-7-26-17(2)19-5-6-20-21(23(19)14-34(26)13-16)11-24-22(20)12-27(36)25-10-18(8-9-33(24,25)3)40-32-31(39)30(38)29(37)28(15-35)41-32/h16-32,35-39H,4-15H2,1-3H3/t16-,17-,18+,19-,20-,21-,22+,23-,24+,25-,26+,27-,28-,29-,30+,31-,32-,33-/m1/s1. The van der Waals surface area contributed by atoms with Gasteiger partial charge in [0.25, 0.3) is 0 Å². The van der Waals surface area contributed by atoms with Gasteiger partial charge in [0.1, 0.15) is 24.4 Å². The number of aliphatic hydroxyl groups is 5. The molecule has 0 aromatic heterocycles. The summed E-state index contributed by atoms with van der Waals surface area (Å²) in [4.78, 5) is 2.88. The molecule has 3 heterocycles. The van der Waals surface area contributed by atoms with Crippen molar-refractivity contribution in [2.24, 2.45) is 58.7 Å². The van der Waals surface area contributed by atoms with Gasteiger partial charge >= 0.3 is 0 Å². The van der Waals surface area contributed by atoms with Crippen LogP contribution in [0.3, 0.4) is 0 Å². The van der Waals surface area contributed by atoms with Crippen LogP contribution in [0, 0.1) is 58.7 Å². The second kappa shape index (κ2) is 10.9. The van der Waals surface area contributed by atoms with Crippen molar-refractivity contribution in [1.29, 1.82) is 0 Å². The molecule has 7 rings (SSSR count). The Morgan fingerprint density at radius 2 is 1.56 bits per heavy atom. The Hall–Kier alpha value is -0.320. The minimum atomic E-state index is -1.43. The molecule has 8 heteroatoms. The first kappa shape index (κ1) is 29.4. The highest BCUT2D eigenvalue weighted by molar-refractivity contribution is 5.12. The zero-order valence-corrected chi connectivity index (χ0v) is 25.3. The highest BCUT2D eigenvalue weighted by atomic mass is 16.7. The zero-order valence-electron chi connectivity index (χ0n) is 25.3. The quantitative estimate of drug-likeness (QED) is 0.324. The molecular formula is C33H55NO7. The molecule has 0 aromatic rings. The van der Waals surface area contributed by atoms with Crippen molar-refractivity contribution in [2.45, 2.75) is 128 Å². The Bertz CT molecular complexity index is 949. The van der Waals surface area contributed by atoms with Crippen molar-refractivity contribution in [2.75, 3.05) is 19.7 Å². The first-order valence-corrected chi connectivity index (χ1v) is 17.0. The molecule has 7 aliphatic rings. The molecule has 0 bridgehead atoms. The zero-order chi connectivity index (χ0) is 28.8. The summed E-state index contributed by atoms with van der Waals surface area (Å²) in [5, 5.41) is 52.1. The van der Waals surface area contributed by atoms with E-state index in [1.165, 1.54) is 45.2 Å². The number of ether oxygens (including phenoxy) is 2. The molecule has 41 heavy (non-hydrogen) atoms. The van der Waals surface area contributed by atoms with Crippen LogP contribution in [-0.2, 0) is 9.47 Å². The van der Waals surface area contributed by atoms with E-state index in [4.69, 9.17) is 9.47 Å². The van der Waals surface area contributed by atoms with E-state index in [1.54, 1.807) is 0 Å². The molecule has 0 radical (unpaired) electrons. The Morgan fingerprint density at radius 1 is 0.780 bits per heavy atom. The first-order chi connectivity index (χ1) is 19.6. The van der Waals surface area contributed by atoms with Crippen molar-refractivity contribution in [3.05, 3.63) is 0 Å². The van der Waals surface area contributed by atoms with Crippen LogP contribution in [0.4, 0.5) is 0 Å². The predicted octanol–water partition coefficient (Wildman–Crippen LogP) is 2.39. The summed E-state index contributed by atoms with van der Waals surface area (Å²) in [5.74, 6) is 6.23. The summed E-state index contributed by atoms with van der Waals surface area (Å²) < 4.78 is 11.9. The van der Waals surface area contributed by atoms with Crippen molar-refractivity contribution >= 4 is 0 Å². The Labute approximate surface area is 245 Å². The molecule has 5 N–H and O–H groups in total. The monoisotopic (exact) mass is 577 g/mol. The lowest BCUT2D eigenvalue weighted by atomic mass is 9.51. The summed E-state index contributed by atoms with van der Waals surface area (Å²) in [6.45, 7) is 9.55. The molecule has 4 saturated carbocycles. The number of hydrogen-bond acceptors (Lipinski definition) is 8.